The van der Waals surface area contributed by atoms with Crippen molar-refractivity contribution in [2.45, 2.75) is 33.7 Å². The normalized spacial score (nSPS) is 10.9. The molecule has 0 fully saturated rings. The molecule has 0 radical (unpaired) electrons. The predicted molar refractivity (Wildman–Crippen MR) is 125 cm³/mol. The maximum absolute atomic E-state index is 13.2. The summed E-state index contributed by atoms with van der Waals surface area (Å²) in [6.45, 7) is 5.61. The van der Waals surface area contributed by atoms with Gasteiger partial charge < -0.3 is 14.6 Å². The number of benzene rings is 2. The third-order valence-corrected chi connectivity index (χ3v) is 5.45. The van der Waals surface area contributed by atoms with Gasteiger partial charge in [0.05, 0.1) is 19.9 Å². The number of hydrogen-bond acceptors (Lipinski definition) is 7. The molecule has 8 nitrogen and oxygen atoms in total. The number of aryl methyl sites for hydroxylation is 3. The van der Waals surface area contributed by atoms with Gasteiger partial charge in [-0.05, 0) is 56.5 Å². The number of hydrogen-bond donors (Lipinski definition) is 1. The SMILES string of the molecule is COc1ccc(CCn2c(O)c(C#N)c(C)c(N=Nc3ccc(C)cc3C)c2=O)cc1OC. The molecule has 0 spiro atoms. The van der Waals surface area contributed by atoms with Gasteiger partial charge >= 0.3 is 0 Å². The van der Waals surface area contributed by atoms with Gasteiger partial charge in [0.25, 0.3) is 5.56 Å². The summed E-state index contributed by atoms with van der Waals surface area (Å²) in [7, 11) is 3.10. The molecule has 0 unspecified atom stereocenters. The van der Waals surface area contributed by atoms with Crippen molar-refractivity contribution >= 4 is 11.4 Å². The summed E-state index contributed by atoms with van der Waals surface area (Å²) >= 11 is 0. The third kappa shape index (κ3) is 4.88. The molecule has 2 aromatic carbocycles. The van der Waals surface area contributed by atoms with Crippen molar-refractivity contribution in [2.24, 2.45) is 10.2 Å². The predicted octanol–water partition coefficient (Wildman–Crippen LogP) is 5.03. The van der Waals surface area contributed by atoms with Crippen LogP contribution in [0.1, 0.15) is 27.8 Å². The van der Waals surface area contributed by atoms with Gasteiger partial charge in [0.1, 0.15) is 11.6 Å². The second-order valence-electron chi connectivity index (χ2n) is 7.67. The van der Waals surface area contributed by atoms with E-state index in [0.717, 1.165) is 21.3 Å². The molecule has 8 heteroatoms. The second kappa shape index (κ2) is 10.0. The van der Waals surface area contributed by atoms with Crippen molar-refractivity contribution in [1.29, 1.82) is 5.26 Å². The van der Waals surface area contributed by atoms with E-state index >= 15 is 0 Å². The fraction of sp³-hybridized carbons (Fsp3) is 0.280. The van der Waals surface area contributed by atoms with E-state index in [-0.39, 0.29) is 29.2 Å². The van der Waals surface area contributed by atoms with Crippen LogP contribution in [0.3, 0.4) is 0 Å². The molecular formula is C25H26N4O4. The highest BCUT2D eigenvalue weighted by Gasteiger charge is 2.19. The van der Waals surface area contributed by atoms with Crippen LogP contribution in [-0.4, -0.2) is 23.9 Å². The van der Waals surface area contributed by atoms with E-state index in [2.05, 4.69) is 10.2 Å². The maximum atomic E-state index is 13.2. The summed E-state index contributed by atoms with van der Waals surface area (Å²) in [6.07, 6.45) is 0.412. The van der Waals surface area contributed by atoms with Crippen LogP contribution in [-0.2, 0) is 13.0 Å². The summed E-state index contributed by atoms with van der Waals surface area (Å²) in [4.78, 5) is 13.2. The lowest BCUT2D eigenvalue weighted by atomic mass is 10.1. The van der Waals surface area contributed by atoms with E-state index in [1.807, 2.05) is 44.2 Å². The van der Waals surface area contributed by atoms with Crippen LogP contribution < -0.4 is 15.0 Å². The minimum Gasteiger partial charge on any atom is -0.493 e. The monoisotopic (exact) mass is 446 g/mol. The Morgan fingerprint density at radius 2 is 1.76 bits per heavy atom. The van der Waals surface area contributed by atoms with Crippen LogP contribution >= 0.6 is 0 Å². The van der Waals surface area contributed by atoms with Gasteiger partial charge in [-0.3, -0.25) is 9.36 Å². The summed E-state index contributed by atoms with van der Waals surface area (Å²) in [5.41, 5.74) is 3.31. The molecule has 1 N–H and O–H groups in total. The minimum absolute atomic E-state index is 0.00325. The first-order chi connectivity index (χ1) is 15.8. The fourth-order valence-corrected chi connectivity index (χ4v) is 3.56. The first-order valence-electron chi connectivity index (χ1n) is 10.4. The number of nitriles is 1. The second-order valence-corrected chi connectivity index (χ2v) is 7.67. The Kier molecular flexibility index (Phi) is 7.13. The van der Waals surface area contributed by atoms with E-state index in [1.165, 1.54) is 0 Å². The van der Waals surface area contributed by atoms with Gasteiger partial charge in [0.15, 0.2) is 17.2 Å². The highest BCUT2D eigenvalue weighted by atomic mass is 16.5. The topological polar surface area (TPSA) is 109 Å². The Labute approximate surface area is 192 Å². The minimum atomic E-state index is -0.516. The van der Waals surface area contributed by atoms with Gasteiger partial charge in [0.2, 0.25) is 5.88 Å². The Hall–Kier alpha value is -4.12. The number of aromatic nitrogens is 1. The van der Waals surface area contributed by atoms with Crippen LogP contribution in [0.2, 0.25) is 0 Å². The summed E-state index contributed by atoms with van der Waals surface area (Å²) in [6, 6.07) is 13.1. The Balaban J connectivity index is 2.00. The van der Waals surface area contributed by atoms with Crippen molar-refractivity contribution in [3.63, 3.8) is 0 Å². The quantitative estimate of drug-likeness (QED) is 0.512. The molecular weight excluding hydrogens is 420 g/mol. The molecule has 3 rings (SSSR count). The molecule has 1 aromatic heterocycles. The van der Waals surface area contributed by atoms with Crippen LogP contribution in [0, 0.1) is 32.1 Å². The molecule has 0 atom stereocenters. The zero-order valence-corrected chi connectivity index (χ0v) is 19.3. The van der Waals surface area contributed by atoms with Gasteiger partial charge in [-0.25, -0.2) is 0 Å². The van der Waals surface area contributed by atoms with Crippen LogP contribution in [0.15, 0.2) is 51.4 Å². The van der Waals surface area contributed by atoms with E-state index in [9.17, 15) is 15.2 Å². The van der Waals surface area contributed by atoms with Crippen molar-refractivity contribution in [2.75, 3.05) is 14.2 Å². The van der Waals surface area contributed by atoms with Crippen LogP contribution in [0.25, 0.3) is 0 Å². The molecule has 0 amide bonds. The Morgan fingerprint density at radius 3 is 2.39 bits per heavy atom. The van der Waals surface area contributed by atoms with Crippen molar-refractivity contribution in [3.05, 3.63) is 74.6 Å². The largest absolute Gasteiger partial charge is 0.493 e. The Bertz CT molecular complexity index is 1320. The average molecular weight is 447 g/mol. The van der Waals surface area contributed by atoms with Gasteiger partial charge in [-0.15, -0.1) is 5.11 Å². The van der Waals surface area contributed by atoms with Crippen LogP contribution in [0.5, 0.6) is 17.4 Å². The van der Waals surface area contributed by atoms with Crippen LogP contribution in [0.4, 0.5) is 11.4 Å². The number of aromatic hydroxyl groups is 1. The summed E-state index contributed by atoms with van der Waals surface area (Å²) in [5, 5.41) is 28.6. The van der Waals surface area contributed by atoms with Gasteiger partial charge in [-0.2, -0.15) is 10.4 Å². The molecule has 1 heterocycles. The van der Waals surface area contributed by atoms with E-state index in [1.54, 1.807) is 33.3 Å². The molecule has 0 aliphatic heterocycles. The number of ether oxygens (including phenoxy) is 2. The first-order valence-corrected chi connectivity index (χ1v) is 10.4. The highest BCUT2D eigenvalue weighted by Crippen LogP contribution is 2.30. The molecule has 0 saturated carbocycles. The number of nitrogens with zero attached hydrogens (tertiary/aromatic N) is 4. The lowest BCUT2D eigenvalue weighted by Crippen LogP contribution is -2.23. The lowest BCUT2D eigenvalue weighted by molar-refractivity contribution is 0.354. The Morgan fingerprint density at radius 1 is 1.03 bits per heavy atom. The third-order valence-electron chi connectivity index (χ3n) is 5.45. The van der Waals surface area contributed by atoms with Gasteiger partial charge in [0, 0.05) is 12.1 Å². The van der Waals surface area contributed by atoms with E-state index < -0.39 is 5.56 Å². The molecule has 170 valence electrons. The van der Waals surface area contributed by atoms with Crippen molar-refractivity contribution < 1.29 is 14.6 Å². The zero-order valence-electron chi connectivity index (χ0n) is 19.3. The van der Waals surface area contributed by atoms with Gasteiger partial charge in [-0.1, -0.05) is 23.8 Å². The number of azo groups is 1. The van der Waals surface area contributed by atoms with Crippen molar-refractivity contribution in [3.8, 4) is 23.4 Å². The fourth-order valence-electron chi connectivity index (χ4n) is 3.56. The smallest absolute Gasteiger partial charge is 0.281 e. The molecule has 0 aliphatic rings. The highest BCUT2D eigenvalue weighted by molar-refractivity contribution is 5.57. The van der Waals surface area contributed by atoms with Crippen molar-refractivity contribution in [1.82, 2.24) is 4.57 Å². The molecule has 3 aromatic rings. The molecule has 0 saturated heterocycles. The molecule has 33 heavy (non-hydrogen) atoms. The van der Waals surface area contributed by atoms with E-state index in [4.69, 9.17) is 9.47 Å². The maximum Gasteiger partial charge on any atom is 0.281 e. The zero-order chi connectivity index (χ0) is 24.1. The number of rotatable bonds is 7. The lowest BCUT2D eigenvalue weighted by Gasteiger charge is -2.14. The first kappa shape index (κ1) is 23.5. The summed E-state index contributed by atoms with van der Waals surface area (Å²) < 4.78 is 11.7. The van der Waals surface area contributed by atoms with E-state index in [0.29, 0.717) is 23.6 Å². The average Bonchev–Trinajstić information content (AvgIpc) is 2.80. The standard InChI is InChI=1S/C25H26N4O4/c1-15-6-8-20(16(2)12-15)27-28-23-17(3)19(14-26)24(30)29(25(23)31)11-10-18-7-9-21(32-4)22(13-18)33-5/h6-9,12-13,30H,10-11H2,1-5H3. The summed E-state index contributed by atoms with van der Waals surface area (Å²) in [5.74, 6) is 0.777. The molecule has 0 bridgehead atoms. The molecule has 0 aliphatic carbocycles. The number of methoxy groups -OCH3 is 2. The number of pyridine rings is 1.